The van der Waals surface area contributed by atoms with E-state index in [1.807, 2.05) is 28.8 Å². The molecule has 4 aromatic rings. The number of para-hydroxylation sites is 2. The molecule has 0 spiro atoms. The fourth-order valence-corrected chi connectivity index (χ4v) is 5.66. The first-order valence-electron chi connectivity index (χ1n) is 13.9. The highest BCUT2D eigenvalue weighted by molar-refractivity contribution is 5.86. The molecule has 11 heteroatoms. The summed E-state index contributed by atoms with van der Waals surface area (Å²) >= 11 is 0. The molecular formula is C28H39N9O2. The number of piperazine rings is 1. The Morgan fingerprint density at radius 2 is 1.64 bits per heavy atom. The van der Waals surface area contributed by atoms with Gasteiger partial charge in [0.25, 0.3) is 0 Å². The molecule has 0 amide bonds. The number of anilines is 1. The van der Waals surface area contributed by atoms with E-state index in [1.54, 1.807) is 0 Å². The molecule has 0 aliphatic carbocycles. The minimum absolute atomic E-state index is 0.000221. The molecule has 0 unspecified atom stereocenters. The second-order valence-corrected chi connectivity index (χ2v) is 11.5. The Balaban J connectivity index is 1.42. The van der Waals surface area contributed by atoms with Crippen LogP contribution in [0.25, 0.3) is 28.1 Å². The maximum atomic E-state index is 9.77. The zero-order chi connectivity index (χ0) is 27.1. The molecule has 5 heterocycles. The van der Waals surface area contributed by atoms with Crippen molar-refractivity contribution in [3.63, 3.8) is 0 Å². The zero-order valence-electron chi connectivity index (χ0n) is 23.5. The van der Waals surface area contributed by atoms with E-state index in [0.717, 1.165) is 85.5 Å². The predicted octanol–water partition coefficient (Wildman–Crippen LogP) is 1.99. The smallest absolute Gasteiger partial charge is 0.239 e. The summed E-state index contributed by atoms with van der Waals surface area (Å²) in [6.45, 7) is 14.6. The van der Waals surface area contributed by atoms with Crippen molar-refractivity contribution in [3.05, 3.63) is 35.9 Å². The van der Waals surface area contributed by atoms with Gasteiger partial charge in [0.2, 0.25) is 5.95 Å². The number of aromatic nitrogens is 6. The first-order valence-corrected chi connectivity index (χ1v) is 13.9. The maximum Gasteiger partial charge on any atom is 0.239 e. The Morgan fingerprint density at radius 1 is 0.897 bits per heavy atom. The lowest BCUT2D eigenvalue weighted by atomic mass is 10.1. The van der Waals surface area contributed by atoms with Gasteiger partial charge in [-0.3, -0.25) is 14.4 Å². The number of benzene rings is 1. The zero-order valence-corrected chi connectivity index (χ0v) is 23.5. The lowest BCUT2D eigenvalue weighted by molar-refractivity contribution is 0.0577. The molecule has 0 atom stereocenters. The van der Waals surface area contributed by atoms with Crippen LogP contribution in [-0.2, 0) is 24.8 Å². The molecule has 1 N–H and O–H groups in total. The van der Waals surface area contributed by atoms with Crippen LogP contribution in [0.15, 0.2) is 24.3 Å². The number of hydrogen-bond acceptors (Lipinski definition) is 9. The first-order chi connectivity index (χ1) is 18.8. The van der Waals surface area contributed by atoms with E-state index in [0.29, 0.717) is 25.6 Å². The molecule has 6 rings (SSSR count). The van der Waals surface area contributed by atoms with E-state index in [9.17, 15) is 5.11 Å². The van der Waals surface area contributed by atoms with E-state index in [-0.39, 0.29) is 12.1 Å². The predicted molar refractivity (Wildman–Crippen MR) is 151 cm³/mol. The number of aryl methyl sites for hydroxylation is 1. The molecule has 0 bridgehead atoms. The van der Waals surface area contributed by atoms with Crippen molar-refractivity contribution in [3.8, 4) is 5.95 Å². The maximum absolute atomic E-state index is 9.77. The van der Waals surface area contributed by atoms with Gasteiger partial charge in [0.15, 0.2) is 17.0 Å². The fraction of sp³-hybridized carbons (Fsp3) is 0.571. The van der Waals surface area contributed by atoms with Crippen LogP contribution in [0.2, 0.25) is 0 Å². The minimum Gasteiger partial charge on any atom is -0.396 e. The highest BCUT2D eigenvalue weighted by Gasteiger charge is 2.28. The minimum atomic E-state index is 0.000221. The summed E-state index contributed by atoms with van der Waals surface area (Å²) in [5, 5.41) is 9.77. The Kier molecular flexibility index (Phi) is 7.00. The molecule has 2 aliphatic rings. The van der Waals surface area contributed by atoms with Crippen LogP contribution >= 0.6 is 0 Å². The number of aliphatic hydroxyl groups excluding tert-OH is 1. The molecule has 208 valence electrons. The number of morpholine rings is 1. The van der Waals surface area contributed by atoms with Crippen molar-refractivity contribution >= 4 is 28.0 Å². The van der Waals surface area contributed by atoms with Crippen LogP contribution in [0.1, 0.15) is 32.4 Å². The van der Waals surface area contributed by atoms with Gasteiger partial charge in [0, 0.05) is 58.3 Å². The van der Waals surface area contributed by atoms with Crippen molar-refractivity contribution in [1.29, 1.82) is 0 Å². The van der Waals surface area contributed by atoms with Crippen LogP contribution in [0.4, 0.5) is 5.82 Å². The van der Waals surface area contributed by atoms with Crippen LogP contribution in [0, 0.1) is 0 Å². The van der Waals surface area contributed by atoms with E-state index in [4.69, 9.17) is 24.7 Å². The van der Waals surface area contributed by atoms with Crippen LogP contribution in [0.3, 0.4) is 0 Å². The van der Waals surface area contributed by atoms with Crippen LogP contribution < -0.4 is 4.90 Å². The molecule has 11 nitrogen and oxygen atoms in total. The van der Waals surface area contributed by atoms with Gasteiger partial charge in [-0.25, -0.2) is 9.97 Å². The molecule has 2 fully saturated rings. The average molecular weight is 534 g/mol. The van der Waals surface area contributed by atoms with E-state index >= 15 is 0 Å². The number of ether oxygens (including phenoxy) is 1. The van der Waals surface area contributed by atoms with Gasteiger partial charge in [0.1, 0.15) is 11.6 Å². The van der Waals surface area contributed by atoms with Crippen LogP contribution in [-0.4, -0.2) is 109 Å². The third-order valence-electron chi connectivity index (χ3n) is 7.94. The quantitative estimate of drug-likeness (QED) is 0.399. The fourth-order valence-electron chi connectivity index (χ4n) is 5.66. The Hall–Kier alpha value is -3.12. The number of nitrogens with zero attached hydrogens (tertiary/aromatic N) is 9. The van der Waals surface area contributed by atoms with E-state index < -0.39 is 0 Å². The molecule has 2 aliphatic heterocycles. The van der Waals surface area contributed by atoms with Crippen molar-refractivity contribution in [2.24, 2.45) is 7.05 Å². The van der Waals surface area contributed by atoms with Crippen LogP contribution in [0.5, 0.6) is 0 Å². The number of hydrogen-bond donors (Lipinski definition) is 1. The summed E-state index contributed by atoms with van der Waals surface area (Å²) in [5.74, 6) is 3.10. The van der Waals surface area contributed by atoms with Crippen molar-refractivity contribution < 1.29 is 9.84 Å². The van der Waals surface area contributed by atoms with E-state index in [2.05, 4.69) is 47.1 Å². The third-order valence-corrected chi connectivity index (χ3v) is 7.94. The normalized spacial score (nSPS) is 18.0. The summed E-state index contributed by atoms with van der Waals surface area (Å²) in [4.78, 5) is 27.4. The second kappa shape index (κ2) is 10.5. The molecule has 0 saturated carbocycles. The number of rotatable bonds is 6. The lowest BCUT2D eigenvalue weighted by Crippen LogP contribution is -2.53. The largest absolute Gasteiger partial charge is 0.396 e. The van der Waals surface area contributed by atoms with Crippen molar-refractivity contribution in [2.45, 2.75) is 39.3 Å². The highest BCUT2D eigenvalue weighted by Crippen LogP contribution is 2.29. The molecule has 0 radical (unpaired) electrons. The number of imidazole rings is 2. The average Bonchev–Trinajstić information content (AvgIpc) is 3.45. The van der Waals surface area contributed by atoms with Gasteiger partial charge in [-0.05, 0) is 32.9 Å². The van der Waals surface area contributed by atoms with E-state index in [1.165, 1.54) is 0 Å². The van der Waals surface area contributed by atoms with Gasteiger partial charge in [-0.15, -0.1) is 0 Å². The lowest BCUT2D eigenvalue weighted by Gasteiger charge is -2.42. The van der Waals surface area contributed by atoms with Crippen molar-refractivity contribution in [1.82, 2.24) is 38.9 Å². The SMILES string of the molecule is Cn1c(CN2CCN(C(C)(C)C)CC2)nc2c(N3CCOCC3)nc(-n3c(CCO)nc4ccccc43)nc21. The van der Waals surface area contributed by atoms with Gasteiger partial charge in [-0.1, -0.05) is 12.1 Å². The molecule has 1 aromatic carbocycles. The Morgan fingerprint density at radius 3 is 2.36 bits per heavy atom. The van der Waals surface area contributed by atoms with Gasteiger partial charge in [-0.2, -0.15) is 9.97 Å². The number of fused-ring (bicyclic) bond motifs is 2. The summed E-state index contributed by atoms with van der Waals surface area (Å²) in [7, 11) is 2.05. The highest BCUT2D eigenvalue weighted by atomic mass is 16.5. The molecule has 2 saturated heterocycles. The first kappa shape index (κ1) is 26.1. The summed E-state index contributed by atoms with van der Waals surface area (Å²) in [6.07, 6.45) is 0.417. The number of aliphatic hydroxyl groups is 1. The summed E-state index contributed by atoms with van der Waals surface area (Å²) in [5.41, 5.74) is 3.59. The van der Waals surface area contributed by atoms with Gasteiger partial charge < -0.3 is 19.3 Å². The van der Waals surface area contributed by atoms with Gasteiger partial charge >= 0.3 is 0 Å². The third kappa shape index (κ3) is 5.00. The molecule has 3 aromatic heterocycles. The van der Waals surface area contributed by atoms with Crippen molar-refractivity contribution in [2.75, 3.05) is 64.0 Å². The standard InChI is InChI=1S/C28H39N9O2/c1-28(2,3)36-12-10-34(11-13-36)19-23-30-24-25(33(23)4)31-27(32-26(24)35-14-17-39-18-15-35)37-21-8-6-5-7-20(21)29-22(37)9-16-38/h5-8,38H,9-19H2,1-4H3. The van der Waals surface area contributed by atoms with Gasteiger partial charge in [0.05, 0.1) is 37.4 Å². The Labute approximate surface area is 229 Å². The summed E-state index contributed by atoms with van der Waals surface area (Å²) in [6, 6.07) is 7.97. The summed E-state index contributed by atoms with van der Waals surface area (Å²) < 4.78 is 9.74. The Bertz CT molecular complexity index is 1460. The topological polar surface area (TPSA) is 101 Å². The molecule has 39 heavy (non-hydrogen) atoms. The molecular weight excluding hydrogens is 494 g/mol. The second-order valence-electron chi connectivity index (χ2n) is 11.5. The monoisotopic (exact) mass is 533 g/mol.